The first-order chi connectivity index (χ1) is 19.2. The van der Waals surface area contributed by atoms with E-state index >= 15 is 0 Å². The van der Waals surface area contributed by atoms with Crippen molar-refractivity contribution in [3.05, 3.63) is 71.8 Å². The zero-order valence-electron chi connectivity index (χ0n) is 23.0. The molecular formula is C30H34N2O8. The van der Waals surface area contributed by atoms with Crippen LogP contribution in [0.2, 0.25) is 0 Å². The second-order valence-electron chi connectivity index (χ2n) is 8.82. The summed E-state index contributed by atoms with van der Waals surface area (Å²) in [6.07, 6.45) is -0.500. The van der Waals surface area contributed by atoms with Crippen LogP contribution < -0.4 is 24.7 Å². The Labute approximate surface area is 233 Å². The largest absolute Gasteiger partial charge is 0.493 e. The third-order valence-electron chi connectivity index (χ3n) is 6.30. The first kappa shape index (κ1) is 29.8. The molecule has 40 heavy (non-hydrogen) atoms. The van der Waals surface area contributed by atoms with E-state index in [0.29, 0.717) is 35.0 Å². The van der Waals surface area contributed by atoms with Gasteiger partial charge in [0, 0.05) is 24.1 Å². The number of nitrogens with two attached hydrogens (primary N) is 1. The van der Waals surface area contributed by atoms with E-state index in [2.05, 4.69) is 0 Å². The number of carbonyl (C=O) groups is 3. The van der Waals surface area contributed by atoms with Crippen LogP contribution in [0.5, 0.6) is 23.0 Å². The number of carboxylic acid groups (broad SMARTS) is 1. The summed E-state index contributed by atoms with van der Waals surface area (Å²) < 4.78 is 22.0. The van der Waals surface area contributed by atoms with Gasteiger partial charge < -0.3 is 34.7 Å². The Morgan fingerprint density at radius 2 is 1.52 bits per heavy atom. The Morgan fingerprint density at radius 3 is 2.05 bits per heavy atom. The highest BCUT2D eigenvalue weighted by Gasteiger charge is 2.30. The molecule has 0 bridgehead atoms. The average Bonchev–Trinajstić information content (AvgIpc) is 2.96. The Hall–Kier alpha value is -4.73. The standard InChI is InChI=1S/C30H34N2O8/c1-5-40-24-9-7-6-8-22(24)20-10-12-21(13-11-20)30(36)32(23(29(31)35)14-15-27(33)34)18-19-16-25(37-2)28(39-4)26(17-19)38-3/h6-13,16-17,23H,5,14-15,18H2,1-4H3,(H2,31,35)(H,33,34)/t23-/m0/s1. The van der Waals surface area contributed by atoms with Crippen molar-refractivity contribution >= 4 is 17.8 Å². The second-order valence-corrected chi connectivity index (χ2v) is 8.82. The van der Waals surface area contributed by atoms with Gasteiger partial charge in [-0.15, -0.1) is 0 Å². The number of para-hydroxylation sites is 1. The molecule has 0 saturated carbocycles. The minimum atomic E-state index is -1.18. The maximum atomic E-state index is 13.8. The van der Waals surface area contributed by atoms with Crippen LogP contribution >= 0.6 is 0 Å². The molecule has 2 amide bonds. The molecule has 10 heteroatoms. The lowest BCUT2D eigenvalue weighted by molar-refractivity contribution is -0.137. The minimum absolute atomic E-state index is 0.0717. The third-order valence-corrected chi connectivity index (χ3v) is 6.30. The van der Waals surface area contributed by atoms with Crippen LogP contribution in [0.3, 0.4) is 0 Å². The van der Waals surface area contributed by atoms with Crippen molar-refractivity contribution in [3.8, 4) is 34.1 Å². The number of benzene rings is 3. The predicted molar refractivity (Wildman–Crippen MR) is 149 cm³/mol. The van der Waals surface area contributed by atoms with Crippen molar-refractivity contribution in [1.82, 2.24) is 4.90 Å². The van der Waals surface area contributed by atoms with E-state index in [1.165, 1.54) is 26.2 Å². The van der Waals surface area contributed by atoms with Gasteiger partial charge in [0.05, 0.1) is 27.9 Å². The molecule has 0 aliphatic rings. The van der Waals surface area contributed by atoms with Crippen molar-refractivity contribution in [2.75, 3.05) is 27.9 Å². The van der Waals surface area contributed by atoms with E-state index in [4.69, 9.17) is 24.7 Å². The lowest BCUT2D eigenvalue weighted by Gasteiger charge is -2.30. The number of hydrogen-bond acceptors (Lipinski definition) is 7. The Balaban J connectivity index is 2.02. The molecule has 212 valence electrons. The number of hydrogen-bond donors (Lipinski definition) is 2. The van der Waals surface area contributed by atoms with Gasteiger partial charge >= 0.3 is 5.97 Å². The maximum absolute atomic E-state index is 13.8. The van der Waals surface area contributed by atoms with Gasteiger partial charge in [0.2, 0.25) is 11.7 Å². The first-order valence-electron chi connectivity index (χ1n) is 12.7. The van der Waals surface area contributed by atoms with E-state index in [1.807, 2.05) is 31.2 Å². The molecule has 0 aliphatic heterocycles. The SMILES string of the molecule is CCOc1ccccc1-c1ccc(C(=O)N(Cc2cc(OC)c(OC)c(OC)c2)[C@@H](CCC(=O)O)C(N)=O)cc1. The zero-order valence-corrected chi connectivity index (χ0v) is 23.0. The summed E-state index contributed by atoms with van der Waals surface area (Å²) in [6, 6.07) is 16.6. The molecule has 0 aliphatic carbocycles. The van der Waals surface area contributed by atoms with Crippen LogP contribution in [-0.2, 0) is 16.1 Å². The van der Waals surface area contributed by atoms with E-state index < -0.39 is 23.8 Å². The van der Waals surface area contributed by atoms with Crippen LogP contribution in [-0.4, -0.2) is 61.8 Å². The number of nitrogens with zero attached hydrogens (tertiary/aromatic N) is 1. The van der Waals surface area contributed by atoms with Gasteiger partial charge in [0.1, 0.15) is 11.8 Å². The third kappa shape index (κ3) is 7.02. The number of aliphatic carboxylic acids is 1. The summed E-state index contributed by atoms with van der Waals surface area (Å²) in [6.45, 7) is 2.34. The highest BCUT2D eigenvalue weighted by atomic mass is 16.5. The topological polar surface area (TPSA) is 138 Å². The van der Waals surface area contributed by atoms with Gasteiger partial charge in [-0.25, -0.2) is 0 Å². The summed E-state index contributed by atoms with van der Waals surface area (Å²) >= 11 is 0. The van der Waals surface area contributed by atoms with Crippen molar-refractivity contribution in [2.24, 2.45) is 5.73 Å². The van der Waals surface area contributed by atoms with E-state index in [-0.39, 0.29) is 19.4 Å². The number of ether oxygens (including phenoxy) is 4. The molecule has 0 fully saturated rings. The van der Waals surface area contributed by atoms with Gasteiger partial charge in [-0.3, -0.25) is 14.4 Å². The Morgan fingerprint density at radius 1 is 0.900 bits per heavy atom. The number of rotatable bonds is 14. The number of carboxylic acids is 1. The highest BCUT2D eigenvalue weighted by molar-refractivity contribution is 5.98. The van der Waals surface area contributed by atoms with E-state index in [0.717, 1.165) is 16.9 Å². The van der Waals surface area contributed by atoms with Crippen LogP contribution in [0.4, 0.5) is 0 Å². The summed E-state index contributed by atoms with van der Waals surface area (Å²) in [5.41, 5.74) is 8.26. The lowest BCUT2D eigenvalue weighted by Crippen LogP contribution is -2.47. The molecule has 10 nitrogen and oxygen atoms in total. The van der Waals surface area contributed by atoms with Gasteiger partial charge in [-0.05, 0) is 54.8 Å². The highest BCUT2D eigenvalue weighted by Crippen LogP contribution is 2.39. The quantitative estimate of drug-likeness (QED) is 0.306. The molecule has 3 rings (SSSR count). The molecule has 0 heterocycles. The predicted octanol–water partition coefficient (Wildman–Crippen LogP) is 4.14. The van der Waals surface area contributed by atoms with Crippen molar-refractivity contribution < 1.29 is 38.4 Å². The Kier molecular flexibility index (Phi) is 10.4. The van der Waals surface area contributed by atoms with Gasteiger partial charge in [-0.1, -0.05) is 30.3 Å². The number of amides is 2. The summed E-state index contributed by atoms with van der Waals surface area (Å²) in [5.74, 6) is -0.603. The van der Waals surface area contributed by atoms with Crippen molar-refractivity contribution in [1.29, 1.82) is 0 Å². The monoisotopic (exact) mass is 550 g/mol. The summed E-state index contributed by atoms with van der Waals surface area (Å²) in [5, 5.41) is 9.25. The average molecular weight is 551 g/mol. The summed E-state index contributed by atoms with van der Waals surface area (Å²) in [4.78, 5) is 39.0. The van der Waals surface area contributed by atoms with Crippen molar-refractivity contribution in [2.45, 2.75) is 32.4 Å². The van der Waals surface area contributed by atoms with Gasteiger partial charge in [-0.2, -0.15) is 0 Å². The van der Waals surface area contributed by atoms with Gasteiger partial charge in [0.15, 0.2) is 11.5 Å². The Bertz CT molecular complexity index is 1310. The van der Waals surface area contributed by atoms with Crippen LogP contribution in [0.1, 0.15) is 35.7 Å². The molecule has 0 saturated heterocycles. The molecule has 3 aromatic rings. The van der Waals surface area contributed by atoms with Crippen LogP contribution in [0.15, 0.2) is 60.7 Å². The molecule has 0 aromatic heterocycles. The molecule has 0 radical (unpaired) electrons. The molecule has 3 N–H and O–H groups in total. The zero-order chi connectivity index (χ0) is 29.2. The van der Waals surface area contributed by atoms with Crippen molar-refractivity contribution in [3.63, 3.8) is 0 Å². The van der Waals surface area contributed by atoms with E-state index in [9.17, 15) is 19.5 Å². The smallest absolute Gasteiger partial charge is 0.303 e. The molecule has 3 aromatic carbocycles. The van der Waals surface area contributed by atoms with Crippen LogP contribution in [0, 0.1) is 0 Å². The fraction of sp³-hybridized carbons (Fsp3) is 0.300. The molecular weight excluding hydrogens is 516 g/mol. The fourth-order valence-corrected chi connectivity index (χ4v) is 4.40. The fourth-order valence-electron chi connectivity index (χ4n) is 4.40. The van der Waals surface area contributed by atoms with Gasteiger partial charge in [0.25, 0.3) is 5.91 Å². The second kappa shape index (κ2) is 13.9. The number of methoxy groups -OCH3 is 3. The number of carbonyl (C=O) groups excluding carboxylic acids is 2. The normalized spacial score (nSPS) is 11.3. The molecule has 1 atom stereocenters. The molecule has 0 unspecified atom stereocenters. The lowest BCUT2D eigenvalue weighted by atomic mass is 10.0. The first-order valence-corrected chi connectivity index (χ1v) is 12.7. The van der Waals surface area contributed by atoms with E-state index in [1.54, 1.807) is 36.4 Å². The minimum Gasteiger partial charge on any atom is -0.493 e. The van der Waals surface area contributed by atoms with Crippen LogP contribution in [0.25, 0.3) is 11.1 Å². The maximum Gasteiger partial charge on any atom is 0.303 e. The molecule has 0 spiro atoms. The summed E-state index contributed by atoms with van der Waals surface area (Å²) in [7, 11) is 4.41. The number of primary amides is 1.